The lowest BCUT2D eigenvalue weighted by atomic mass is 9.95. The number of nitrogens with zero attached hydrogens (tertiary/aromatic N) is 4. The average Bonchev–Trinajstić information content (AvgIpc) is 3.19. The van der Waals surface area contributed by atoms with Gasteiger partial charge in [0.1, 0.15) is 6.54 Å². The van der Waals surface area contributed by atoms with E-state index >= 15 is 0 Å². The smallest absolute Gasteiger partial charge is 0.329 e. The maximum atomic E-state index is 13.4. The molecule has 0 saturated heterocycles. The fourth-order valence-corrected chi connectivity index (χ4v) is 4.01. The van der Waals surface area contributed by atoms with Crippen LogP contribution in [0, 0.1) is 12.3 Å². The molecule has 3 aromatic rings. The predicted octanol–water partition coefficient (Wildman–Crippen LogP) is 5.06. The van der Waals surface area contributed by atoms with E-state index in [9.17, 15) is 18.0 Å². The molecule has 0 N–H and O–H groups in total. The minimum atomic E-state index is -4.49. The van der Waals surface area contributed by atoms with Gasteiger partial charge in [-0.1, -0.05) is 26.8 Å². The van der Waals surface area contributed by atoms with Gasteiger partial charge >= 0.3 is 6.18 Å². The Hall–Kier alpha value is -2.42. The highest BCUT2D eigenvalue weighted by atomic mass is 32.1. The Labute approximate surface area is 171 Å². The van der Waals surface area contributed by atoms with Gasteiger partial charge in [0.25, 0.3) is 5.91 Å². The molecule has 0 bridgehead atoms. The van der Waals surface area contributed by atoms with Gasteiger partial charge in [-0.05, 0) is 29.9 Å². The largest absolute Gasteiger partial charge is 0.406 e. The molecule has 0 aliphatic heterocycles. The maximum Gasteiger partial charge on any atom is 0.406 e. The number of aromatic nitrogens is 3. The van der Waals surface area contributed by atoms with Gasteiger partial charge in [0.05, 0.1) is 27.2 Å². The molecule has 0 unspecified atom stereocenters. The molecule has 9 heteroatoms. The average molecular weight is 424 g/mol. The van der Waals surface area contributed by atoms with E-state index in [1.165, 1.54) is 11.3 Å². The monoisotopic (exact) mass is 424 g/mol. The Kier molecular flexibility index (Phi) is 5.46. The zero-order chi connectivity index (χ0) is 21.6. The lowest BCUT2D eigenvalue weighted by molar-refractivity contribution is -0.142. The second kappa shape index (κ2) is 7.44. The molecule has 3 heterocycles. The molecule has 0 atom stereocenters. The van der Waals surface area contributed by atoms with Gasteiger partial charge < -0.3 is 4.90 Å². The van der Waals surface area contributed by atoms with Crippen molar-refractivity contribution in [1.29, 1.82) is 0 Å². The second-order valence-electron chi connectivity index (χ2n) is 8.28. The summed E-state index contributed by atoms with van der Waals surface area (Å²) in [5, 5.41) is 6.70. The first-order chi connectivity index (χ1) is 13.4. The second-order valence-corrected chi connectivity index (χ2v) is 9.22. The van der Waals surface area contributed by atoms with E-state index in [-0.39, 0.29) is 12.1 Å². The van der Waals surface area contributed by atoms with Crippen molar-refractivity contribution in [3.63, 3.8) is 0 Å². The van der Waals surface area contributed by atoms with Gasteiger partial charge in [-0.2, -0.15) is 18.3 Å². The summed E-state index contributed by atoms with van der Waals surface area (Å²) in [6, 6.07) is 5.30. The van der Waals surface area contributed by atoms with Gasteiger partial charge in [-0.3, -0.25) is 9.48 Å². The number of hydrogen-bond donors (Lipinski definition) is 0. The van der Waals surface area contributed by atoms with Crippen LogP contribution in [-0.4, -0.2) is 44.8 Å². The molecule has 0 aromatic carbocycles. The van der Waals surface area contributed by atoms with Crippen molar-refractivity contribution in [2.75, 3.05) is 13.1 Å². The van der Waals surface area contributed by atoms with E-state index in [1.54, 1.807) is 45.5 Å². The van der Waals surface area contributed by atoms with Gasteiger partial charge in [0.2, 0.25) is 0 Å². The zero-order valence-electron chi connectivity index (χ0n) is 17.0. The van der Waals surface area contributed by atoms with Crippen LogP contribution in [0.4, 0.5) is 13.2 Å². The van der Waals surface area contributed by atoms with E-state index in [0.717, 1.165) is 9.78 Å². The van der Waals surface area contributed by atoms with Crippen molar-refractivity contribution in [1.82, 2.24) is 19.7 Å². The summed E-state index contributed by atoms with van der Waals surface area (Å²) in [6.07, 6.45) is -4.49. The number of halogens is 3. The summed E-state index contributed by atoms with van der Waals surface area (Å²) >= 11 is 1.45. The summed E-state index contributed by atoms with van der Waals surface area (Å²) in [5.74, 6) is -0.668. The van der Waals surface area contributed by atoms with Crippen LogP contribution in [-0.2, 0) is 7.05 Å². The number of rotatable bonds is 4. The van der Waals surface area contributed by atoms with E-state index in [4.69, 9.17) is 0 Å². The first kappa shape index (κ1) is 21.3. The molecule has 5 nitrogen and oxygen atoms in total. The lowest BCUT2D eigenvalue weighted by Crippen LogP contribution is -2.43. The number of thiophene rings is 1. The predicted molar refractivity (Wildman–Crippen MR) is 108 cm³/mol. The van der Waals surface area contributed by atoms with Crippen molar-refractivity contribution >= 4 is 28.3 Å². The van der Waals surface area contributed by atoms with Crippen LogP contribution in [0.5, 0.6) is 0 Å². The number of alkyl halides is 3. The Balaban J connectivity index is 2.18. The number of pyridine rings is 1. The van der Waals surface area contributed by atoms with Gasteiger partial charge in [-0.15, -0.1) is 11.3 Å². The van der Waals surface area contributed by atoms with Gasteiger partial charge in [-0.25, -0.2) is 4.98 Å². The molecule has 0 fully saturated rings. The number of amides is 1. The summed E-state index contributed by atoms with van der Waals surface area (Å²) < 4.78 is 41.3. The number of carbonyl (C=O) groups is 1. The molecule has 0 aliphatic rings. The molecule has 3 rings (SSSR count). The van der Waals surface area contributed by atoms with Crippen LogP contribution >= 0.6 is 11.3 Å². The van der Waals surface area contributed by atoms with E-state index in [1.807, 2.05) is 17.5 Å². The first-order valence-electron chi connectivity index (χ1n) is 9.10. The highest BCUT2D eigenvalue weighted by molar-refractivity contribution is 7.13. The SMILES string of the molecule is Cc1nn(C)c2nc(-c3cccs3)cc(C(=O)N(CC(C)(C)C)CC(F)(F)F)c12. The third-order valence-electron chi connectivity index (χ3n) is 4.30. The third-order valence-corrected chi connectivity index (χ3v) is 5.19. The molecule has 1 amide bonds. The van der Waals surface area contributed by atoms with Gasteiger partial charge in [0.15, 0.2) is 5.65 Å². The van der Waals surface area contributed by atoms with Crippen molar-refractivity contribution in [3.8, 4) is 10.6 Å². The van der Waals surface area contributed by atoms with E-state index < -0.39 is 24.0 Å². The van der Waals surface area contributed by atoms with E-state index in [0.29, 0.717) is 22.4 Å². The minimum absolute atomic E-state index is 0.0250. The Morgan fingerprint density at radius 2 is 1.93 bits per heavy atom. The number of fused-ring (bicyclic) bond motifs is 1. The van der Waals surface area contributed by atoms with Crippen molar-refractivity contribution in [2.24, 2.45) is 12.5 Å². The topological polar surface area (TPSA) is 51.0 Å². The fourth-order valence-electron chi connectivity index (χ4n) is 3.32. The van der Waals surface area contributed by atoms with Crippen LogP contribution in [0.2, 0.25) is 0 Å². The summed E-state index contributed by atoms with van der Waals surface area (Å²) in [6.45, 7) is 5.81. The maximum absolute atomic E-state index is 13.4. The highest BCUT2D eigenvalue weighted by Crippen LogP contribution is 2.31. The summed E-state index contributed by atoms with van der Waals surface area (Å²) in [4.78, 5) is 19.7. The van der Waals surface area contributed by atoms with Crippen molar-refractivity contribution in [3.05, 3.63) is 34.8 Å². The quantitative estimate of drug-likeness (QED) is 0.589. The van der Waals surface area contributed by atoms with Crippen LogP contribution in [0.3, 0.4) is 0 Å². The lowest BCUT2D eigenvalue weighted by Gasteiger charge is -2.31. The molecule has 0 radical (unpaired) electrons. The molecular weight excluding hydrogens is 401 g/mol. The zero-order valence-corrected chi connectivity index (χ0v) is 17.8. The number of hydrogen-bond acceptors (Lipinski definition) is 4. The summed E-state index contributed by atoms with van der Waals surface area (Å²) in [5.41, 5.74) is 1.27. The third kappa shape index (κ3) is 4.77. The summed E-state index contributed by atoms with van der Waals surface area (Å²) in [7, 11) is 1.71. The van der Waals surface area contributed by atoms with Crippen molar-refractivity contribution < 1.29 is 18.0 Å². The molecule has 0 saturated carbocycles. The Bertz CT molecular complexity index is 1020. The Morgan fingerprint density at radius 3 is 2.48 bits per heavy atom. The van der Waals surface area contributed by atoms with E-state index in [2.05, 4.69) is 10.1 Å². The first-order valence-corrected chi connectivity index (χ1v) is 9.98. The molecular formula is C20H23F3N4OS. The minimum Gasteiger partial charge on any atom is -0.329 e. The molecule has 29 heavy (non-hydrogen) atoms. The van der Waals surface area contributed by atoms with Crippen LogP contribution in [0.25, 0.3) is 21.6 Å². The standard InChI is InChI=1S/C20H23F3N4OS/c1-12-16-13(18(28)27(10-19(2,3)4)11-20(21,22)23)9-14(15-7-6-8-29-15)24-17(16)26(5)25-12/h6-9H,10-11H2,1-5H3. The molecule has 0 spiro atoms. The Morgan fingerprint density at radius 1 is 1.24 bits per heavy atom. The van der Waals surface area contributed by atoms with Crippen molar-refractivity contribution in [2.45, 2.75) is 33.9 Å². The van der Waals surface area contributed by atoms with Crippen LogP contribution < -0.4 is 0 Å². The molecule has 3 aromatic heterocycles. The normalized spacial score (nSPS) is 12.6. The van der Waals surface area contributed by atoms with Crippen LogP contribution in [0.15, 0.2) is 23.6 Å². The number of aryl methyl sites for hydroxylation is 2. The number of carbonyl (C=O) groups excluding carboxylic acids is 1. The van der Waals surface area contributed by atoms with Gasteiger partial charge in [0, 0.05) is 13.6 Å². The van der Waals surface area contributed by atoms with Crippen LogP contribution in [0.1, 0.15) is 36.8 Å². The highest BCUT2D eigenvalue weighted by Gasteiger charge is 2.36. The molecule has 156 valence electrons. The fraction of sp³-hybridized carbons (Fsp3) is 0.450. The molecule has 0 aliphatic carbocycles.